The van der Waals surface area contributed by atoms with Crippen molar-refractivity contribution in [1.82, 2.24) is 4.90 Å². The number of nitrogens with two attached hydrogens (primary N) is 1. The van der Waals surface area contributed by atoms with Gasteiger partial charge in [-0.05, 0) is 53.1 Å². The molecule has 2 rings (SSSR count). The molecule has 1 aliphatic heterocycles. The number of hydrogen-bond donors (Lipinski definition) is 1. The van der Waals surface area contributed by atoms with E-state index in [1.807, 2.05) is 0 Å². The van der Waals surface area contributed by atoms with Gasteiger partial charge in [-0.3, -0.25) is 4.90 Å². The summed E-state index contributed by atoms with van der Waals surface area (Å²) in [6, 6.07) is 4.40. The first-order valence-corrected chi connectivity index (χ1v) is 8.53. The van der Waals surface area contributed by atoms with Crippen molar-refractivity contribution < 1.29 is 9.47 Å². The fraction of sp³-hybridized carbons (Fsp3) is 0.625. The number of benzene rings is 1. The molecule has 0 aliphatic carbocycles. The first-order chi connectivity index (χ1) is 10.2. The lowest BCUT2D eigenvalue weighted by atomic mass is 10.0. The molecular formula is C16H25BrN2O2. The molecule has 0 saturated heterocycles. The van der Waals surface area contributed by atoms with Crippen molar-refractivity contribution in [3.63, 3.8) is 0 Å². The standard InChI is InChI=1S/C16H25BrN2O2/c1-3-5-6-19(4-2)14(11-18)12-9-13(17)16-15(10-12)20-7-8-21-16/h9-10,14H,3-8,11,18H2,1-2H3. The topological polar surface area (TPSA) is 47.7 Å². The van der Waals surface area contributed by atoms with Crippen LogP contribution in [-0.2, 0) is 0 Å². The number of fused-ring (bicyclic) bond motifs is 1. The van der Waals surface area contributed by atoms with Crippen LogP contribution in [0.4, 0.5) is 0 Å². The minimum absolute atomic E-state index is 0.216. The third-order valence-electron chi connectivity index (χ3n) is 3.87. The smallest absolute Gasteiger partial charge is 0.175 e. The van der Waals surface area contributed by atoms with E-state index < -0.39 is 0 Å². The van der Waals surface area contributed by atoms with Crippen LogP contribution in [0, 0.1) is 0 Å². The summed E-state index contributed by atoms with van der Waals surface area (Å²) in [4.78, 5) is 2.43. The highest BCUT2D eigenvalue weighted by Crippen LogP contribution is 2.40. The SMILES string of the molecule is CCCCN(CC)C(CN)c1cc(Br)c2c(c1)OCCO2. The molecule has 0 spiro atoms. The molecule has 2 N–H and O–H groups in total. The minimum atomic E-state index is 0.216. The zero-order chi connectivity index (χ0) is 15.2. The molecule has 0 bridgehead atoms. The van der Waals surface area contributed by atoms with Crippen LogP contribution in [0.3, 0.4) is 0 Å². The van der Waals surface area contributed by atoms with Gasteiger partial charge in [0, 0.05) is 12.6 Å². The Morgan fingerprint density at radius 1 is 1.29 bits per heavy atom. The molecule has 1 atom stereocenters. The van der Waals surface area contributed by atoms with Gasteiger partial charge in [0.25, 0.3) is 0 Å². The van der Waals surface area contributed by atoms with Gasteiger partial charge in [-0.15, -0.1) is 0 Å². The Labute approximate surface area is 135 Å². The number of ether oxygens (including phenoxy) is 2. The van der Waals surface area contributed by atoms with Gasteiger partial charge < -0.3 is 15.2 Å². The van der Waals surface area contributed by atoms with Crippen LogP contribution >= 0.6 is 15.9 Å². The first kappa shape index (κ1) is 16.6. The maximum absolute atomic E-state index is 6.05. The van der Waals surface area contributed by atoms with Crippen molar-refractivity contribution in [2.75, 3.05) is 32.8 Å². The van der Waals surface area contributed by atoms with E-state index in [4.69, 9.17) is 15.2 Å². The molecule has 1 aliphatic rings. The molecular weight excluding hydrogens is 332 g/mol. The van der Waals surface area contributed by atoms with E-state index in [9.17, 15) is 0 Å². The Bertz CT molecular complexity index is 468. The van der Waals surface area contributed by atoms with Gasteiger partial charge in [0.1, 0.15) is 13.2 Å². The highest BCUT2D eigenvalue weighted by atomic mass is 79.9. The number of halogens is 1. The number of nitrogens with zero attached hydrogens (tertiary/aromatic N) is 1. The van der Waals surface area contributed by atoms with Crippen molar-refractivity contribution in [2.45, 2.75) is 32.7 Å². The number of likely N-dealkylation sites (N-methyl/N-ethyl adjacent to an activating group) is 1. The molecule has 0 saturated carbocycles. The Morgan fingerprint density at radius 3 is 2.71 bits per heavy atom. The van der Waals surface area contributed by atoms with Crippen LogP contribution in [0.1, 0.15) is 38.3 Å². The van der Waals surface area contributed by atoms with Gasteiger partial charge >= 0.3 is 0 Å². The van der Waals surface area contributed by atoms with Crippen molar-refractivity contribution in [1.29, 1.82) is 0 Å². The summed E-state index contributed by atoms with van der Waals surface area (Å²) in [7, 11) is 0. The molecule has 0 fully saturated rings. The second kappa shape index (κ2) is 8.01. The van der Waals surface area contributed by atoms with Crippen LogP contribution in [0.5, 0.6) is 11.5 Å². The zero-order valence-corrected chi connectivity index (χ0v) is 14.5. The number of unbranched alkanes of at least 4 members (excludes halogenated alkanes) is 1. The maximum atomic E-state index is 6.05. The highest BCUT2D eigenvalue weighted by Gasteiger charge is 2.22. The minimum Gasteiger partial charge on any atom is -0.486 e. The Balaban J connectivity index is 2.26. The van der Waals surface area contributed by atoms with Crippen LogP contribution in [0.2, 0.25) is 0 Å². The zero-order valence-electron chi connectivity index (χ0n) is 12.9. The molecule has 1 aromatic carbocycles. The average molecular weight is 357 g/mol. The van der Waals surface area contributed by atoms with Gasteiger partial charge in [0.2, 0.25) is 0 Å². The van der Waals surface area contributed by atoms with E-state index in [1.54, 1.807) is 0 Å². The normalized spacial score (nSPS) is 15.3. The molecule has 5 heteroatoms. The Kier molecular flexibility index (Phi) is 6.33. The molecule has 0 aromatic heterocycles. The van der Waals surface area contributed by atoms with Gasteiger partial charge in [0.15, 0.2) is 11.5 Å². The third kappa shape index (κ3) is 3.90. The molecule has 118 valence electrons. The van der Waals surface area contributed by atoms with Gasteiger partial charge in [-0.2, -0.15) is 0 Å². The largest absolute Gasteiger partial charge is 0.486 e. The summed E-state index contributed by atoms with van der Waals surface area (Å²) < 4.78 is 12.3. The predicted octanol–water partition coefficient (Wildman–Crippen LogP) is 3.34. The van der Waals surface area contributed by atoms with Crippen molar-refractivity contribution in [3.05, 3.63) is 22.2 Å². The summed E-state index contributed by atoms with van der Waals surface area (Å²) in [5.74, 6) is 1.62. The summed E-state index contributed by atoms with van der Waals surface area (Å²) >= 11 is 3.59. The summed E-state index contributed by atoms with van der Waals surface area (Å²) in [5.41, 5.74) is 7.24. The van der Waals surface area contributed by atoms with Crippen LogP contribution in [-0.4, -0.2) is 37.7 Å². The summed E-state index contributed by atoms with van der Waals surface area (Å²) in [6.07, 6.45) is 2.38. The lowest BCUT2D eigenvalue weighted by Crippen LogP contribution is -2.34. The number of hydrogen-bond acceptors (Lipinski definition) is 4. The van der Waals surface area contributed by atoms with E-state index >= 15 is 0 Å². The quantitative estimate of drug-likeness (QED) is 0.813. The molecule has 1 heterocycles. The fourth-order valence-electron chi connectivity index (χ4n) is 2.71. The number of rotatable bonds is 7. The second-order valence-corrected chi connectivity index (χ2v) is 6.11. The van der Waals surface area contributed by atoms with E-state index in [1.165, 1.54) is 18.4 Å². The maximum Gasteiger partial charge on any atom is 0.175 e. The monoisotopic (exact) mass is 356 g/mol. The Morgan fingerprint density at radius 2 is 2.05 bits per heavy atom. The molecule has 0 radical (unpaired) electrons. The average Bonchev–Trinajstić information content (AvgIpc) is 2.51. The van der Waals surface area contributed by atoms with E-state index in [0.717, 1.165) is 29.1 Å². The fourth-order valence-corrected chi connectivity index (χ4v) is 3.29. The molecule has 1 aromatic rings. The lowest BCUT2D eigenvalue weighted by molar-refractivity contribution is 0.168. The van der Waals surface area contributed by atoms with Crippen molar-refractivity contribution >= 4 is 15.9 Å². The molecule has 1 unspecified atom stereocenters. The van der Waals surface area contributed by atoms with Gasteiger partial charge in [-0.25, -0.2) is 0 Å². The second-order valence-electron chi connectivity index (χ2n) is 5.26. The third-order valence-corrected chi connectivity index (χ3v) is 4.46. The lowest BCUT2D eigenvalue weighted by Gasteiger charge is -2.31. The van der Waals surface area contributed by atoms with Crippen LogP contribution in [0.25, 0.3) is 0 Å². The Hall–Kier alpha value is -0.780. The van der Waals surface area contributed by atoms with E-state index in [2.05, 4.69) is 46.8 Å². The van der Waals surface area contributed by atoms with Crippen molar-refractivity contribution in [2.24, 2.45) is 5.73 Å². The first-order valence-electron chi connectivity index (χ1n) is 7.74. The van der Waals surface area contributed by atoms with E-state index in [0.29, 0.717) is 19.8 Å². The molecule has 4 nitrogen and oxygen atoms in total. The van der Waals surface area contributed by atoms with Gasteiger partial charge in [-0.1, -0.05) is 20.3 Å². The summed E-state index contributed by atoms with van der Waals surface area (Å²) in [6.45, 7) is 8.27. The predicted molar refractivity (Wildman–Crippen MR) is 89.1 cm³/mol. The highest BCUT2D eigenvalue weighted by molar-refractivity contribution is 9.10. The van der Waals surface area contributed by atoms with Crippen LogP contribution in [0.15, 0.2) is 16.6 Å². The van der Waals surface area contributed by atoms with Crippen molar-refractivity contribution in [3.8, 4) is 11.5 Å². The summed E-state index contributed by atoms with van der Waals surface area (Å²) in [5, 5.41) is 0. The van der Waals surface area contributed by atoms with Crippen LogP contribution < -0.4 is 15.2 Å². The molecule has 0 amide bonds. The molecule has 21 heavy (non-hydrogen) atoms. The van der Waals surface area contributed by atoms with Gasteiger partial charge in [0.05, 0.1) is 4.47 Å². The van der Waals surface area contributed by atoms with E-state index in [-0.39, 0.29) is 6.04 Å².